The largest absolute Gasteiger partial charge is 0.457 e. The predicted octanol–water partition coefficient (Wildman–Crippen LogP) is 0.0921. The van der Waals surface area contributed by atoms with Crippen molar-refractivity contribution in [2.75, 3.05) is 13.2 Å². The van der Waals surface area contributed by atoms with Crippen LogP contribution in [0.1, 0.15) is 27.2 Å². The first-order chi connectivity index (χ1) is 8.90. The molecule has 6 nitrogen and oxygen atoms in total. The van der Waals surface area contributed by atoms with Crippen LogP contribution in [0.3, 0.4) is 0 Å². The molecule has 0 radical (unpaired) electrons. The molecule has 6 heteroatoms. The fourth-order valence-corrected chi connectivity index (χ4v) is 3.30. The lowest BCUT2D eigenvalue weighted by atomic mass is 9.91. The molecule has 5 atom stereocenters. The maximum absolute atomic E-state index is 12.0. The molecule has 0 spiro atoms. The van der Waals surface area contributed by atoms with Gasteiger partial charge in [-0.3, -0.25) is 9.63 Å². The Balaban J connectivity index is 1.79. The minimum atomic E-state index is -0.543. The molecule has 0 bridgehead atoms. The average molecular weight is 271 g/mol. The molecule has 0 aromatic heterocycles. The Morgan fingerprint density at radius 3 is 2.84 bits per heavy atom. The van der Waals surface area contributed by atoms with E-state index < -0.39 is 6.10 Å². The fourth-order valence-electron chi connectivity index (χ4n) is 3.30. The molecular formula is C13H21NO5. The summed E-state index contributed by atoms with van der Waals surface area (Å²) in [5.41, 5.74) is -0.252. The van der Waals surface area contributed by atoms with E-state index in [4.69, 9.17) is 14.3 Å². The minimum absolute atomic E-state index is 0.0278. The molecule has 0 aromatic rings. The van der Waals surface area contributed by atoms with Gasteiger partial charge in [0.25, 0.3) is 0 Å². The van der Waals surface area contributed by atoms with Crippen molar-refractivity contribution in [2.45, 2.75) is 57.1 Å². The van der Waals surface area contributed by atoms with Gasteiger partial charge in [-0.25, -0.2) is 0 Å². The van der Waals surface area contributed by atoms with Crippen LogP contribution in [0.4, 0.5) is 0 Å². The number of nitrogens with zero attached hydrogens (tertiary/aromatic N) is 1. The Bertz CT molecular complexity index is 380. The van der Waals surface area contributed by atoms with Crippen LogP contribution in [-0.4, -0.2) is 59.2 Å². The number of fused-ring (bicyclic) bond motifs is 3. The molecule has 3 aliphatic rings. The Morgan fingerprint density at radius 2 is 2.21 bits per heavy atom. The van der Waals surface area contributed by atoms with Gasteiger partial charge in [0.05, 0.1) is 24.4 Å². The van der Waals surface area contributed by atoms with Crippen LogP contribution in [0, 0.1) is 5.92 Å². The molecule has 3 heterocycles. The zero-order valence-corrected chi connectivity index (χ0v) is 11.5. The molecule has 108 valence electrons. The SMILES string of the molecule is CC(C)(C)O[C@H]1CCN2O[C@H]3[C@H](C(=O)O[C@@H]3CO)[C@H]12. The average Bonchev–Trinajstić information content (AvgIpc) is 2.90. The molecule has 3 saturated heterocycles. The van der Waals surface area contributed by atoms with Crippen molar-refractivity contribution >= 4 is 5.97 Å². The van der Waals surface area contributed by atoms with E-state index >= 15 is 0 Å². The van der Waals surface area contributed by atoms with Crippen molar-refractivity contribution in [3.8, 4) is 0 Å². The molecule has 3 rings (SSSR count). The number of rotatable bonds is 2. The zero-order chi connectivity index (χ0) is 13.8. The lowest BCUT2D eigenvalue weighted by Crippen LogP contribution is -2.41. The molecule has 0 aromatic carbocycles. The Hall–Kier alpha value is -0.690. The van der Waals surface area contributed by atoms with Gasteiger partial charge in [0.15, 0.2) is 6.10 Å². The number of esters is 1. The molecule has 0 aliphatic carbocycles. The van der Waals surface area contributed by atoms with Gasteiger partial charge < -0.3 is 14.6 Å². The van der Waals surface area contributed by atoms with Crippen LogP contribution in [0.5, 0.6) is 0 Å². The maximum Gasteiger partial charge on any atom is 0.314 e. The van der Waals surface area contributed by atoms with Crippen molar-refractivity contribution in [3.05, 3.63) is 0 Å². The Morgan fingerprint density at radius 1 is 1.47 bits per heavy atom. The third kappa shape index (κ3) is 2.16. The first-order valence-corrected chi connectivity index (χ1v) is 6.83. The number of aliphatic hydroxyl groups excluding tert-OH is 1. The summed E-state index contributed by atoms with van der Waals surface area (Å²) in [6, 6.07) is -0.0896. The highest BCUT2D eigenvalue weighted by molar-refractivity contribution is 5.77. The molecule has 3 fully saturated rings. The van der Waals surface area contributed by atoms with E-state index in [0.717, 1.165) is 13.0 Å². The second-order valence-corrected chi connectivity index (χ2v) is 6.44. The second kappa shape index (κ2) is 4.41. The first-order valence-electron chi connectivity index (χ1n) is 6.83. The number of hydroxylamine groups is 2. The van der Waals surface area contributed by atoms with Gasteiger partial charge >= 0.3 is 5.97 Å². The Kier molecular flexibility index (Phi) is 3.09. The predicted molar refractivity (Wildman–Crippen MR) is 65.1 cm³/mol. The number of carbonyl (C=O) groups is 1. The van der Waals surface area contributed by atoms with Gasteiger partial charge in [-0.2, -0.15) is 5.06 Å². The van der Waals surface area contributed by atoms with E-state index in [-0.39, 0.29) is 42.3 Å². The van der Waals surface area contributed by atoms with E-state index in [1.54, 1.807) is 0 Å². The molecular weight excluding hydrogens is 250 g/mol. The molecule has 0 amide bonds. The molecule has 3 aliphatic heterocycles. The van der Waals surface area contributed by atoms with Crippen LogP contribution in [-0.2, 0) is 19.1 Å². The van der Waals surface area contributed by atoms with E-state index in [1.165, 1.54) is 0 Å². The number of hydrogen-bond acceptors (Lipinski definition) is 6. The van der Waals surface area contributed by atoms with Crippen molar-refractivity contribution in [3.63, 3.8) is 0 Å². The van der Waals surface area contributed by atoms with Gasteiger partial charge in [0.2, 0.25) is 0 Å². The summed E-state index contributed by atoms with van der Waals surface area (Å²) in [4.78, 5) is 17.8. The summed E-state index contributed by atoms with van der Waals surface area (Å²) in [5, 5.41) is 11.1. The summed E-state index contributed by atoms with van der Waals surface area (Å²) in [5.74, 6) is -0.618. The number of aliphatic hydroxyl groups is 1. The number of ether oxygens (including phenoxy) is 2. The smallest absolute Gasteiger partial charge is 0.314 e. The van der Waals surface area contributed by atoms with Crippen LogP contribution in [0.25, 0.3) is 0 Å². The maximum atomic E-state index is 12.0. The molecule has 1 N–H and O–H groups in total. The van der Waals surface area contributed by atoms with Crippen molar-refractivity contribution in [2.24, 2.45) is 5.92 Å². The van der Waals surface area contributed by atoms with E-state index in [2.05, 4.69) is 0 Å². The molecule has 19 heavy (non-hydrogen) atoms. The van der Waals surface area contributed by atoms with Gasteiger partial charge in [0, 0.05) is 6.54 Å². The van der Waals surface area contributed by atoms with Crippen LogP contribution < -0.4 is 0 Å². The number of cyclic esters (lactones) is 1. The number of hydrogen-bond donors (Lipinski definition) is 1. The lowest BCUT2D eigenvalue weighted by Gasteiger charge is -2.29. The fraction of sp³-hybridized carbons (Fsp3) is 0.923. The summed E-state index contributed by atoms with van der Waals surface area (Å²) in [6.07, 6.45) is -0.0883. The number of carbonyl (C=O) groups excluding carboxylic acids is 1. The minimum Gasteiger partial charge on any atom is -0.457 e. The zero-order valence-electron chi connectivity index (χ0n) is 11.5. The van der Waals surface area contributed by atoms with Gasteiger partial charge in [-0.1, -0.05) is 0 Å². The van der Waals surface area contributed by atoms with Gasteiger partial charge in [0.1, 0.15) is 12.0 Å². The van der Waals surface area contributed by atoms with E-state index in [9.17, 15) is 9.90 Å². The van der Waals surface area contributed by atoms with E-state index in [1.807, 2.05) is 25.8 Å². The van der Waals surface area contributed by atoms with Crippen molar-refractivity contribution < 1.29 is 24.2 Å². The van der Waals surface area contributed by atoms with Gasteiger partial charge in [-0.05, 0) is 27.2 Å². The first kappa shape index (κ1) is 13.3. The summed E-state index contributed by atoms with van der Waals surface area (Å²) in [7, 11) is 0. The van der Waals surface area contributed by atoms with Crippen LogP contribution in [0.15, 0.2) is 0 Å². The highest BCUT2D eigenvalue weighted by Crippen LogP contribution is 2.43. The third-order valence-electron chi connectivity index (χ3n) is 3.92. The summed E-state index contributed by atoms with van der Waals surface area (Å²) >= 11 is 0. The van der Waals surface area contributed by atoms with Gasteiger partial charge in [-0.15, -0.1) is 0 Å². The third-order valence-corrected chi connectivity index (χ3v) is 3.92. The Labute approximate surface area is 112 Å². The summed E-state index contributed by atoms with van der Waals surface area (Å²) < 4.78 is 11.2. The van der Waals surface area contributed by atoms with E-state index in [0.29, 0.717) is 0 Å². The highest BCUT2D eigenvalue weighted by Gasteiger charge is 2.61. The second-order valence-electron chi connectivity index (χ2n) is 6.44. The molecule has 0 unspecified atom stereocenters. The topological polar surface area (TPSA) is 68.2 Å². The molecule has 0 saturated carbocycles. The van der Waals surface area contributed by atoms with Crippen LogP contribution in [0.2, 0.25) is 0 Å². The summed E-state index contributed by atoms with van der Waals surface area (Å²) in [6.45, 7) is 6.58. The van der Waals surface area contributed by atoms with Crippen molar-refractivity contribution in [1.82, 2.24) is 5.06 Å². The lowest BCUT2D eigenvalue weighted by molar-refractivity contribution is -0.188. The highest BCUT2D eigenvalue weighted by atomic mass is 16.7. The van der Waals surface area contributed by atoms with Crippen LogP contribution >= 0.6 is 0 Å². The van der Waals surface area contributed by atoms with Crippen molar-refractivity contribution in [1.29, 1.82) is 0 Å². The quantitative estimate of drug-likeness (QED) is 0.718. The standard InChI is InChI=1S/C13H21NO5/c1-13(2,3)18-7-4-5-14-10(7)9-11(19-14)8(6-15)17-12(9)16/h7-11,15H,4-6H2,1-3H3/t7-,8+,9+,10-,11+/m0/s1. The normalized spacial score (nSPS) is 42.3. The monoisotopic (exact) mass is 271 g/mol.